The van der Waals surface area contributed by atoms with Gasteiger partial charge in [0, 0.05) is 31.4 Å². The molecule has 0 fully saturated rings. The van der Waals surface area contributed by atoms with E-state index >= 15 is 0 Å². The number of nitrogens with zero attached hydrogens (tertiary/aromatic N) is 6. The van der Waals surface area contributed by atoms with E-state index in [1.807, 2.05) is 55.6 Å². The SMILES string of the molecule is COc1cc(N(C)CCCN(C)C)c(N)cc1Nc1nccc(-c2nnc(-c3ccccc3)s2)n1. The number of benzene rings is 2. The van der Waals surface area contributed by atoms with Crippen molar-refractivity contribution in [2.45, 2.75) is 6.42 Å². The lowest BCUT2D eigenvalue weighted by atomic mass is 10.2. The van der Waals surface area contributed by atoms with Crippen molar-refractivity contribution in [2.75, 3.05) is 57.3 Å². The lowest BCUT2D eigenvalue weighted by molar-refractivity contribution is 0.401. The summed E-state index contributed by atoms with van der Waals surface area (Å²) < 4.78 is 5.64. The third kappa shape index (κ3) is 6.03. The monoisotopic (exact) mass is 490 g/mol. The number of methoxy groups -OCH3 is 1. The van der Waals surface area contributed by atoms with Crippen LogP contribution in [0.15, 0.2) is 54.7 Å². The maximum absolute atomic E-state index is 6.41. The van der Waals surface area contributed by atoms with Crippen molar-refractivity contribution < 1.29 is 4.74 Å². The van der Waals surface area contributed by atoms with Crippen LogP contribution in [0.2, 0.25) is 0 Å². The minimum Gasteiger partial charge on any atom is -0.494 e. The summed E-state index contributed by atoms with van der Waals surface area (Å²) in [6.07, 6.45) is 2.72. The molecule has 0 aliphatic carbocycles. The molecular weight excluding hydrogens is 460 g/mol. The highest BCUT2D eigenvalue weighted by Crippen LogP contribution is 2.36. The van der Waals surface area contributed by atoms with E-state index in [9.17, 15) is 0 Å². The first kappa shape index (κ1) is 24.4. The molecule has 0 bridgehead atoms. The van der Waals surface area contributed by atoms with Gasteiger partial charge in [0.1, 0.15) is 16.5 Å². The number of aromatic nitrogens is 4. The van der Waals surface area contributed by atoms with E-state index in [4.69, 9.17) is 10.5 Å². The summed E-state index contributed by atoms with van der Waals surface area (Å²) in [6, 6.07) is 15.6. The largest absolute Gasteiger partial charge is 0.494 e. The summed E-state index contributed by atoms with van der Waals surface area (Å²) in [5.74, 6) is 1.08. The summed E-state index contributed by atoms with van der Waals surface area (Å²) in [5.41, 5.74) is 10.4. The lowest BCUT2D eigenvalue weighted by Gasteiger charge is -2.23. The maximum atomic E-state index is 6.41. The highest BCUT2D eigenvalue weighted by Gasteiger charge is 2.15. The normalized spacial score (nSPS) is 11.0. The third-order valence-electron chi connectivity index (χ3n) is 5.43. The second-order valence-electron chi connectivity index (χ2n) is 8.36. The second-order valence-corrected chi connectivity index (χ2v) is 9.34. The van der Waals surface area contributed by atoms with E-state index in [1.165, 1.54) is 11.3 Å². The van der Waals surface area contributed by atoms with E-state index < -0.39 is 0 Å². The Morgan fingerprint density at radius 1 is 1.00 bits per heavy atom. The molecule has 9 nitrogen and oxygen atoms in total. The summed E-state index contributed by atoms with van der Waals surface area (Å²) in [6.45, 7) is 1.90. The van der Waals surface area contributed by atoms with Gasteiger partial charge >= 0.3 is 0 Å². The average molecular weight is 491 g/mol. The first-order valence-electron chi connectivity index (χ1n) is 11.3. The van der Waals surface area contributed by atoms with Crippen LogP contribution in [-0.2, 0) is 0 Å². The molecule has 0 amide bonds. The minimum atomic E-state index is 0.420. The summed E-state index contributed by atoms with van der Waals surface area (Å²) in [4.78, 5) is 13.3. The molecule has 2 aromatic carbocycles. The average Bonchev–Trinajstić information content (AvgIpc) is 3.35. The topological polar surface area (TPSA) is 105 Å². The molecule has 182 valence electrons. The van der Waals surface area contributed by atoms with E-state index in [0.29, 0.717) is 28.8 Å². The number of ether oxygens (including phenoxy) is 1. The summed E-state index contributed by atoms with van der Waals surface area (Å²) >= 11 is 1.48. The standard InChI is InChI=1S/C25H30N8OS/c1-32(2)13-8-14-33(3)21-16-22(34-4)20(15-18(21)26)29-25-27-12-11-19(28-25)24-31-30-23(35-24)17-9-6-5-7-10-17/h5-7,9-12,15-16H,8,13-14,26H2,1-4H3,(H,27,28,29). The van der Waals surface area contributed by atoms with Gasteiger partial charge in [-0.05, 0) is 39.2 Å². The van der Waals surface area contributed by atoms with Crippen molar-refractivity contribution in [1.82, 2.24) is 25.1 Å². The zero-order chi connectivity index (χ0) is 24.8. The van der Waals surface area contributed by atoms with Crippen LogP contribution in [0.3, 0.4) is 0 Å². The molecule has 0 aliphatic rings. The smallest absolute Gasteiger partial charge is 0.227 e. The molecule has 0 aliphatic heterocycles. The maximum Gasteiger partial charge on any atom is 0.227 e. The number of nitrogens with one attached hydrogen (secondary N) is 1. The van der Waals surface area contributed by atoms with Gasteiger partial charge in [-0.3, -0.25) is 0 Å². The van der Waals surface area contributed by atoms with Gasteiger partial charge in [0.05, 0.1) is 24.2 Å². The van der Waals surface area contributed by atoms with Gasteiger partial charge in [-0.1, -0.05) is 41.7 Å². The van der Waals surface area contributed by atoms with Gasteiger partial charge in [0.25, 0.3) is 0 Å². The van der Waals surface area contributed by atoms with E-state index in [0.717, 1.165) is 40.8 Å². The molecule has 0 saturated heterocycles. The fourth-order valence-corrected chi connectivity index (χ4v) is 4.43. The zero-order valence-corrected chi connectivity index (χ0v) is 21.2. The summed E-state index contributed by atoms with van der Waals surface area (Å²) in [7, 11) is 7.81. The van der Waals surface area contributed by atoms with Gasteiger partial charge in [-0.15, -0.1) is 10.2 Å². The van der Waals surface area contributed by atoms with Crippen LogP contribution in [-0.4, -0.2) is 66.4 Å². The van der Waals surface area contributed by atoms with Gasteiger partial charge in [-0.25, -0.2) is 9.97 Å². The fraction of sp³-hybridized carbons (Fsp3) is 0.280. The van der Waals surface area contributed by atoms with Crippen LogP contribution in [0.4, 0.5) is 23.0 Å². The van der Waals surface area contributed by atoms with E-state index in [1.54, 1.807) is 13.3 Å². The molecule has 0 atom stereocenters. The molecule has 0 radical (unpaired) electrons. The Morgan fingerprint density at radius 2 is 1.77 bits per heavy atom. The first-order valence-corrected chi connectivity index (χ1v) is 12.1. The second kappa shape index (κ2) is 11.1. The molecule has 2 aromatic heterocycles. The van der Waals surface area contributed by atoms with Crippen LogP contribution >= 0.6 is 11.3 Å². The van der Waals surface area contributed by atoms with Gasteiger partial charge in [0.2, 0.25) is 5.95 Å². The minimum absolute atomic E-state index is 0.420. The first-order chi connectivity index (χ1) is 16.9. The van der Waals surface area contributed by atoms with E-state index in [2.05, 4.69) is 49.4 Å². The number of hydrogen-bond donors (Lipinski definition) is 2. The van der Waals surface area contributed by atoms with Crippen LogP contribution in [0.25, 0.3) is 21.3 Å². The Kier molecular flexibility index (Phi) is 7.74. The Balaban J connectivity index is 1.53. The highest BCUT2D eigenvalue weighted by atomic mass is 32.1. The Bertz CT molecular complexity index is 1260. The number of anilines is 4. The quantitative estimate of drug-likeness (QED) is 0.313. The van der Waals surface area contributed by atoms with Crippen molar-refractivity contribution in [1.29, 1.82) is 0 Å². The lowest BCUT2D eigenvalue weighted by Crippen LogP contribution is -2.24. The van der Waals surface area contributed by atoms with Crippen molar-refractivity contribution in [3.8, 4) is 27.0 Å². The molecule has 4 rings (SSSR count). The molecule has 3 N–H and O–H groups in total. The third-order valence-corrected chi connectivity index (χ3v) is 6.42. The zero-order valence-electron chi connectivity index (χ0n) is 20.4. The van der Waals surface area contributed by atoms with Crippen LogP contribution < -0.4 is 20.7 Å². The van der Waals surface area contributed by atoms with Gasteiger partial charge in [-0.2, -0.15) is 0 Å². The van der Waals surface area contributed by atoms with Crippen LogP contribution in [0.5, 0.6) is 5.75 Å². The Labute approximate surface area is 209 Å². The molecule has 2 heterocycles. The van der Waals surface area contributed by atoms with Crippen molar-refractivity contribution in [2.24, 2.45) is 0 Å². The molecule has 0 unspecified atom stereocenters. The van der Waals surface area contributed by atoms with Crippen LogP contribution in [0, 0.1) is 0 Å². The van der Waals surface area contributed by atoms with Crippen molar-refractivity contribution >= 4 is 34.3 Å². The molecule has 4 aromatic rings. The summed E-state index contributed by atoms with van der Waals surface area (Å²) in [5, 5.41) is 13.4. The van der Waals surface area contributed by atoms with E-state index in [-0.39, 0.29) is 0 Å². The van der Waals surface area contributed by atoms with Gasteiger partial charge in [0.15, 0.2) is 5.01 Å². The fourth-order valence-electron chi connectivity index (χ4n) is 3.61. The Morgan fingerprint density at radius 3 is 2.51 bits per heavy atom. The highest BCUT2D eigenvalue weighted by molar-refractivity contribution is 7.17. The predicted molar refractivity (Wildman–Crippen MR) is 144 cm³/mol. The molecule has 35 heavy (non-hydrogen) atoms. The van der Waals surface area contributed by atoms with Crippen molar-refractivity contribution in [3.05, 3.63) is 54.7 Å². The molecule has 10 heteroatoms. The Hall–Kier alpha value is -3.76. The van der Waals surface area contributed by atoms with Crippen LogP contribution in [0.1, 0.15) is 6.42 Å². The van der Waals surface area contributed by atoms with Crippen molar-refractivity contribution in [3.63, 3.8) is 0 Å². The molecule has 0 spiro atoms. The number of nitrogen functional groups attached to an aromatic ring is 1. The number of nitrogens with two attached hydrogens (primary N) is 1. The number of hydrogen-bond acceptors (Lipinski definition) is 10. The number of rotatable bonds is 10. The van der Waals surface area contributed by atoms with Gasteiger partial charge < -0.3 is 25.6 Å². The molecule has 0 saturated carbocycles. The predicted octanol–water partition coefficient (Wildman–Crippen LogP) is 4.38. The molecular formula is C25H30N8OS.